The van der Waals surface area contributed by atoms with E-state index in [9.17, 15) is 14.0 Å². The number of Topliss-reactive ketones (excluding diaryl/α,β-unsaturated/α-hetero) is 2. The number of rotatable bonds is 5. The predicted octanol–water partition coefficient (Wildman–Crippen LogP) is 5.01. The maximum atomic E-state index is 13.5. The van der Waals surface area contributed by atoms with Gasteiger partial charge in [0.2, 0.25) is 0 Å². The molecule has 0 spiro atoms. The predicted molar refractivity (Wildman–Crippen MR) is 118 cm³/mol. The molecule has 158 valence electrons. The third-order valence-electron chi connectivity index (χ3n) is 6.40. The van der Waals surface area contributed by atoms with Crippen LogP contribution in [0.5, 0.6) is 5.75 Å². The van der Waals surface area contributed by atoms with Gasteiger partial charge in [-0.15, -0.1) is 0 Å². The van der Waals surface area contributed by atoms with Crippen molar-refractivity contribution in [1.29, 1.82) is 0 Å². The standard InChI is InChI=1S/C26H24FNO3/c27-22-3-1-2-17(13-22)20-6-9-28(16-20)10-7-24(29)19-5-4-18-15-26-23(14-21(18)12-19)25(30)8-11-31-26/h1-5,12-15,20H,6-11,16H2. The molecular weight excluding hydrogens is 393 g/mol. The van der Waals surface area contributed by atoms with Gasteiger partial charge in [-0.25, -0.2) is 4.39 Å². The highest BCUT2D eigenvalue weighted by Crippen LogP contribution is 2.31. The molecule has 0 N–H and O–H groups in total. The normalized spacial score (nSPS) is 18.7. The summed E-state index contributed by atoms with van der Waals surface area (Å²) in [5.74, 6) is 0.928. The SMILES string of the molecule is O=C(CCN1CCC(c2cccc(F)c2)C1)c1ccc2cc3c(cc2c1)C(=O)CCO3. The number of halogens is 1. The fraction of sp³-hybridized carbons (Fsp3) is 0.308. The number of ether oxygens (including phenoxy) is 1. The van der Waals surface area contributed by atoms with Gasteiger partial charge in [-0.2, -0.15) is 0 Å². The number of fused-ring (bicyclic) bond motifs is 2. The average molecular weight is 417 g/mol. The molecule has 0 amide bonds. The first-order valence-electron chi connectivity index (χ1n) is 10.8. The van der Waals surface area contributed by atoms with Gasteiger partial charge in [0.25, 0.3) is 0 Å². The van der Waals surface area contributed by atoms with Gasteiger partial charge in [0.1, 0.15) is 11.6 Å². The second-order valence-corrected chi connectivity index (χ2v) is 8.45. The minimum Gasteiger partial charge on any atom is -0.492 e. The van der Waals surface area contributed by atoms with Gasteiger partial charge in [0.05, 0.1) is 12.2 Å². The average Bonchev–Trinajstić information content (AvgIpc) is 3.25. The molecule has 1 saturated heterocycles. The monoisotopic (exact) mass is 417 g/mol. The van der Waals surface area contributed by atoms with Gasteiger partial charge < -0.3 is 9.64 Å². The highest BCUT2D eigenvalue weighted by Gasteiger charge is 2.25. The van der Waals surface area contributed by atoms with Crippen LogP contribution in [0, 0.1) is 5.82 Å². The van der Waals surface area contributed by atoms with Crippen LogP contribution in [0.25, 0.3) is 10.8 Å². The van der Waals surface area contributed by atoms with Crippen LogP contribution < -0.4 is 4.74 Å². The van der Waals surface area contributed by atoms with Crippen LogP contribution in [-0.4, -0.2) is 42.7 Å². The quantitative estimate of drug-likeness (QED) is 0.548. The lowest BCUT2D eigenvalue weighted by molar-refractivity contribution is 0.0932. The van der Waals surface area contributed by atoms with Crippen molar-refractivity contribution in [2.45, 2.75) is 25.2 Å². The fourth-order valence-corrected chi connectivity index (χ4v) is 4.65. The topological polar surface area (TPSA) is 46.6 Å². The van der Waals surface area contributed by atoms with Crippen molar-refractivity contribution in [3.8, 4) is 5.75 Å². The summed E-state index contributed by atoms with van der Waals surface area (Å²) in [5.41, 5.74) is 2.30. The number of hydrogen-bond donors (Lipinski definition) is 0. The largest absolute Gasteiger partial charge is 0.492 e. The fourth-order valence-electron chi connectivity index (χ4n) is 4.65. The molecule has 2 aliphatic heterocycles. The van der Waals surface area contributed by atoms with Gasteiger partial charge in [0, 0.05) is 31.5 Å². The molecule has 2 heterocycles. The van der Waals surface area contributed by atoms with E-state index in [1.807, 2.05) is 36.4 Å². The molecule has 3 aromatic rings. The van der Waals surface area contributed by atoms with Gasteiger partial charge >= 0.3 is 0 Å². The Morgan fingerprint density at radius 3 is 2.87 bits per heavy atom. The Morgan fingerprint density at radius 2 is 2.00 bits per heavy atom. The maximum absolute atomic E-state index is 13.5. The number of nitrogens with zero attached hydrogens (tertiary/aromatic N) is 1. The zero-order valence-corrected chi connectivity index (χ0v) is 17.3. The highest BCUT2D eigenvalue weighted by atomic mass is 19.1. The zero-order valence-electron chi connectivity index (χ0n) is 17.3. The Labute approximate surface area is 180 Å². The molecule has 5 rings (SSSR count). The minimum absolute atomic E-state index is 0.0850. The van der Waals surface area contributed by atoms with Crippen LogP contribution in [-0.2, 0) is 0 Å². The zero-order chi connectivity index (χ0) is 21.4. The number of carbonyl (C=O) groups is 2. The van der Waals surface area contributed by atoms with Crippen LogP contribution in [0.1, 0.15) is 51.5 Å². The Hall–Kier alpha value is -3.05. The molecule has 0 bridgehead atoms. The molecule has 1 fully saturated rings. The molecular formula is C26H24FNO3. The smallest absolute Gasteiger partial charge is 0.170 e. The van der Waals surface area contributed by atoms with Crippen molar-refractivity contribution in [3.05, 3.63) is 77.1 Å². The van der Waals surface area contributed by atoms with E-state index >= 15 is 0 Å². The van der Waals surface area contributed by atoms with E-state index < -0.39 is 0 Å². The minimum atomic E-state index is -0.197. The molecule has 0 aromatic heterocycles. The van der Waals surface area contributed by atoms with Gasteiger partial charge in [-0.1, -0.05) is 24.3 Å². The second-order valence-electron chi connectivity index (χ2n) is 8.45. The lowest BCUT2D eigenvalue weighted by Gasteiger charge is -2.17. The van der Waals surface area contributed by atoms with E-state index in [4.69, 9.17) is 4.74 Å². The molecule has 4 nitrogen and oxygen atoms in total. The number of benzene rings is 3. The first kappa shape index (κ1) is 19.9. The molecule has 1 unspecified atom stereocenters. The number of carbonyl (C=O) groups excluding carboxylic acids is 2. The summed E-state index contributed by atoms with van der Waals surface area (Å²) in [6.07, 6.45) is 1.81. The van der Waals surface area contributed by atoms with Crippen LogP contribution in [0.15, 0.2) is 54.6 Å². The van der Waals surface area contributed by atoms with Crippen LogP contribution in [0.3, 0.4) is 0 Å². The maximum Gasteiger partial charge on any atom is 0.170 e. The van der Waals surface area contributed by atoms with Crippen LogP contribution in [0.2, 0.25) is 0 Å². The van der Waals surface area contributed by atoms with Crippen molar-refractivity contribution in [2.24, 2.45) is 0 Å². The van der Waals surface area contributed by atoms with Crippen molar-refractivity contribution in [3.63, 3.8) is 0 Å². The summed E-state index contributed by atoms with van der Waals surface area (Å²) in [4.78, 5) is 27.3. The third kappa shape index (κ3) is 4.10. The Bertz CT molecular complexity index is 1170. The van der Waals surface area contributed by atoms with E-state index in [0.29, 0.717) is 48.8 Å². The molecule has 5 heteroatoms. The Balaban J connectivity index is 1.25. The molecule has 2 aliphatic rings. The van der Waals surface area contributed by atoms with Crippen molar-refractivity contribution in [2.75, 3.05) is 26.2 Å². The molecule has 31 heavy (non-hydrogen) atoms. The molecule has 3 aromatic carbocycles. The summed E-state index contributed by atoms with van der Waals surface area (Å²) in [7, 11) is 0. The Kier molecular flexibility index (Phi) is 5.28. The van der Waals surface area contributed by atoms with Gasteiger partial charge in [-0.3, -0.25) is 9.59 Å². The molecule has 1 atom stereocenters. The van der Waals surface area contributed by atoms with Crippen molar-refractivity contribution < 1.29 is 18.7 Å². The van der Waals surface area contributed by atoms with Crippen molar-refractivity contribution >= 4 is 22.3 Å². The molecule has 0 saturated carbocycles. The van der Waals surface area contributed by atoms with E-state index in [2.05, 4.69) is 4.90 Å². The Morgan fingerprint density at radius 1 is 1.10 bits per heavy atom. The van der Waals surface area contributed by atoms with Crippen LogP contribution >= 0.6 is 0 Å². The summed E-state index contributed by atoms with van der Waals surface area (Å²) >= 11 is 0. The third-order valence-corrected chi connectivity index (χ3v) is 6.40. The summed E-state index contributed by atoms with van der Waals surface area (Å²) in [6.45, 7) is 2.88. The molecule has 0 radical (unpaired) electrons. The lowest BCUT2D eigenvalue weighted by atomic mass is 9.97. The van der Waals surface area contributed by atoms with E-state index in [0.717, 1.165) is 35.8 Å². The summed E-state index contributed by atoms with van der Waals surface area (Å²) in [5, 5.41) is 1.85. The first-order chi connectivity index (χ1) is 15.1. The van der Waals surface area contributed by atoms with E-state index in [1.165, 1.54) is 6.07 Å². The first-order valence-corrected chi connectivity index (χ1v) is 10.8. The number of likely N-dealkylation sites (tertiary alicyclic amines) is 1. The van der Waals surface area contributed by atoms with E-state index in [1.54, 1.807) is 12.1 Å². The number of ketones is 2. The van der Waals surface area contributed by atoms with Gasteiger partial charge in [0.15, 0.2) is 11.6 Å². The second kappa shape index (κ2) is 8.23. The van der Waals surface area contributed by atoms with E-state index in [-0.39, 0.29) is 17.4 Å². The summed E-state index contributed by atoms with van der Waals surface area (Å²) < 4.78 is 19.1. The number of hydrogen-bond acceptors (Lipinski definition) is 4. The van der Waals surface area contributed by atoms with Crippen molar-refractivity contribution in [1.82, 2.24) is 4.90 Å². The summed E-state index contributed by atoms with van der Waals surface area (Å²) in [6, 6.07) is 16.2. The van der Waals surface area contributed by atoms with Gasteiger partial charge in [-0.05, 0) is 65.6 Å². The lowest BCUT2D eigenvalue weighted by Crippen LogP contribution is -2.23. The highest BCUT2D eigenvalue weighted by molar-refractivity contribution is 6.05. The molecule has 0 aliphatic carbocycles. The van der Waals surface area contributed by atoms with Crippen LogP contribution in [0.4, 0.5) is 4.39 Å².